The van der Waals surface area contributed by atoms with Crippen molar-refractivity contribution in [2.45, 2.75) is 26.7 Å². The van der Waals surface area contributed by atoms with Crippen LogP contribution in [0.25, 0.3) is 0 Å². The van der Waals surface area contributed by atoms with Gasteiger partial charge in [-0.3, -0.25) is 4.79 Å². The van der Waals surface area contributed by atoms with Crippen molar-refractivity contribution in [1.82, 2.24) is 0 Å². The lowest BCUT2D eigenvalue weighted by atomic mass is 9.97. The summed E-state index contributed by atoms with van der Waals surface area (Å²) in [5, 5.41) is 0. The third-order valence-electron chi connectivity index (χ3n) is 2.18. The molecule has 0 heterocycles. The third kappa shape index (κ3) is 3.15. The fourth-order valence-corrected chi connectivity index (χ4v) is 1.33. The van der Waals surface area contributed by atoms with Crippen LogP contribution in [-0.2, 0) is 9.53 Å². The summed E-state index contributed by atoms with van der Waals surface area (Å²) < 4.78 is 5.29. The molecule has 0 radical (unpaired) electrons. The van der Waals surface area contributed by atoms with Crippen molar-refractivity contribution in [3.8, 4) is 0 Å². The summed E-state index contributed by atoms with van der Waals surface area (Å²) in [5.74, 6) is 0.187. The zero-order chi connectivity index (χ0) is 9.68. The Labute approximate surface area is 79.3 Å². The van der Waals surface area contributed by atoms with Gasteiger partial charge in [0.05, 0.1) is 6.61 Å². The highest BCUT2D eigenvalue weighted by Crippen LogP contribution is 2.18. The number of allylic oxidation sites excluding steroid dienone is 3. The van der Waals surface area contributed by atoms with Gasteiger partial charge in [0.1, 0.15) is 0 Å². The van der Waals surface area contributed by atoms with Crippen LogP contribution in [0, 0.1) is 0 Å². The molecule has 0 amide bonds. The lowest BCUT2D eigenvalue weighted by molar-refractivity contribution is -0.113. The Morgan fingerprint density at radius 1 is 1.46 bits per heavy atom. The van der Waals surface area contributed by atoms with Crippen molar-refractivity contribution in [1.29, 1.82) is 0 Å². The molecule has 0 spiro atoms. The van der Waals surface area contributed by atoms with Crippen LogP contribution in [0.1, 0.15) is 26.7 Å². The number of Topliss-reactive ketones (excluding diaryl/α,β-unsaturated/α-hetero) is 1. The first kappa shape index (κ1) is 10.2. The summed E-state index contributed by atoms with van der Waals surface area (Å²) in [5.41, 5.74) is 2.21. The molecule has 1 aliphatic rings. The monoisotopic (exact) mass is 180 g/mol. The van der Waals surface area contributed by atoms with Crippen LogP contribution in [-0.4, -0.2) is 19.0 Å². The van der Waals surface area contributed by atoms with Crippen LogP contribution >= 0.6 is 0 Å². The van der Waals surface area contributed by atoms with E-state index in [0.29, 0.717) is 6.61 Å². The molecule has 0 bridgehead atoms. The number of rotatable bonds is 4. The largest absolute Gasteiger partial charge is 0.377 e. The van der Waals surface area contributed by atoms with E-state index in [1.165, 1.54) is 5.57 Å². The summed E-state index contributed by atoms with van der Waals surface area (Å²) in [6, 6.07) is 0. The van der Waals surface area contributed by atoms with Gasteiger partial charge < -0.3 is 4.74 Å². The Balaban J connectivity index is 2.49. The average molecular weight is 180 g/mol. The molecular formula is C11H16O2. The van der Waals surface area contributed by atoms with Gasteiger partial charge in [-0.15, -0.1) is 0 Å². The highest BCUT2D eigenvalue weighted by atomic mass is 16.5. The molecule has 2 heteroatoms. The van der Waals surface area contributed by atoms with E-state index in [2.05, 4.69) is 0 Å². The number of ether oxygens (including phenoxy) is 1. The highest BCUT2D eigenvalue weighted by molar-refractivity contribution is 5.93. The van der Waals surface area contributed by atoms with Gasteiger partial charge >= 0.3 is 0 Å². The second-order valence-electron chi connectivity index (χ2n) is 3.21. The van der Waals surface area contributed by atoms with Gasteiger partial charge in [-0.25, -0.2) is 0 Å². The van der Waals surface area contributed by atoms with E-state index in [9.17, 15) is 4.79 Å². The quantitative estimate of drug-likeness (QED) is 0.663. The molecule has 0 aromatic heterocycles. The van der Waals surface area contributed by atoms with E-state index in [1.807, 2.05) is 19.1 Å². The van der Waals surface area contributed by atoms with Gasteiger partial charge in [-0.2, -0.15) is 0 Å². The van der Waals surface area contributed by atoms with Crippen LogP contribution < -0.4 is 0 Å². The average Bonchev–Trinajstić information content (AvgIpc) is 2.15. The van der Waals surface area contributed by atoms with E-state index in [4.69, 9.17) is 4.74 Å². The van der Waals surface area contributed by atoms with Crippen molar-refractivity contribution in [2.24, 2.45) is 0 Å². The Bertz CT molecular complexity index is 249. The van der Waals surface area contributed by atoms with Crippen LogP contribution in [0.3, 0.4) is 0 Å². The molecule has 0 saturated carbocycles. The van der Waals surface area contributed by atoms with E-state index in [0.717, 1.165) is 25.0 Å². The van der Waals surface area contributed by atoms with Gasteiger partial charge in [0.15, 0.2) is 5.78 Å². The molecule has 1 rings (SSSR count). The molecule has 72 valence electrons. The molecule has 0 aromatic carbocycles. The first-order chi connectivity index (χ1) is 6.24. The minimum Gasteiger partial charge on any atom is -0.377 e. The Morgan fingerprint density at radius 3 is 2.69 bits per heavy atom. The zero-order valence-corrected chi connectivity index (χ0v) is 8.30. The SMILES string of the molecule is CCOCC1=CC=C(C(C)=O)CC1. The molecule has 1 aliphatic carbocycles. The smallest absolute Gasteiger partial charge is 0.155 e. The van der Waals surface area contributed by atoms with Gasteiger partial charge in [-0.05, 0) is 37.8 Å². The van der Waals surface area contributed by atoms with Gasteiger partial charge in [0.2, 0.25) is 0 Å². The molecule has 0 saturated heterocycles. The van der Waals surface area contributed by atoms with Crippen LogP contribution in [0.15, 0.2) is 23.3 Å². The summed E-state index contributed by atoms with van der Waals surface area (Å²) >= 11 is 0. The number of ketones is 1. The van der Waals surface area contributed by atoms with E-state index in [1.54, 1.807) is 6.92 Å². The number of hydrogen-bond acceptors (Lipinski definition) is 2. The zero-order valence-electron chi connectivity index (χ0n) is 8.30. The summed E-state index contributed by atoms with van der Waals surface area (Å²) in [6.07, 6.45) is 5.76. The van der Waals surface area contributed by atoms with Gasteiger partial charge in [0, 0.05) is 6.61 Å². The van der Waals surface area contributed by atoms with Crippen molar-refractivity contribution >= 4 is 5.78 Å². The van der Waals surface area contributed by atoms with E-state index in [-0.39, 0.29) is 5.78 Å². The molecule has 2 nitrogen and oxygen atoms in total. The van der Waals surface area contributed by atoms with Crippen LogP contribution in [0.2, 0.25) is 0 Å². The Kier molecular flexibility index (Phi) is 3.90. The van der Waals surface area contributed by atoms with Gasteiger partial charge in [-0.1, -0.05) is 12.2 Å². The molecule has 0 aromatic rings. The maximum Gasteiger partial charge on any atom is 0.155 e. The molecule has 13 heavy (non-hydrogen) atoms. The third-order valence-corrected chi connectivity index (χ3v) is 2.18. The summed E-state index contributed by atoms with van der Waals surface area (Å²) in [6.45, 7) is 5.06. The Hall–Kier alpha value is -0.890. The van der Waals surface area contributed by atoms with Crippen molar-refractivity contribution in [3.63, 3.8) is 0 Å². The lowest BCUT2D eigenvalue weighted by Crippen LogP contribution is -2.05. The number of carbonyl (C=O) groups is 1. The molecule has 0 fully saturated rings. The predicted molar refractivity (Wildman–Crippen MR) is 52.6 cm³/mol. The topological polar surface area (TPSA) is 26.3 Å². The Morgan fingerprint density at radius 2 is 2.23 bits per heavy atom. The van der Waals surface area contributed by atoms with E-state index < -0.39 is 0 Å². The second-order valence-corrected chi connectivity index (χ2v) is 3.21. The van der Waals surface area contributed by atoms with Crippen molar-refractivity contribution < 1.29 is 9.53 Å². The molecule has 0 N–H and O–H groups in total. The molecule has 0 unspecified atom stereocenters. The summed E-state index contributed by atoms with van der Waals surface area (Å²) in [7, 11) is 0. The van der Waals surface area contributed by atoms with Gasteiger partial charge in [0.25, 0.3) is 0 Å². The first-order valence-corrected chi connectivity index (χ1v) is 4.71. The standard InChI is InChI=1S/C11H16O2/c1-3-13-8-10-4-6-11(7-5-10)9(2)12/h4,6H,3,5,7-8H2,1-2H3. The van der Waals surface area contributed by atoms with Crippen LogP contribution in [0.5, 0.6) is 0 Å². The minimum absolute atomic E-state index is 0.187. The lowest BCUT2D eigenvalue weighted by Gasteiger charge is -2.12. The fraction of sp³-hybridized carbons (Fsp3) is 0.545. The maximum absolute atomic E-state index is 11.0. The van der Waals surface area contributed by atoms with E-state index >= 15 is 0 Å². The maximum atomic E-state index is 11.0. The highest BCUT2D eigenvalue weighted by Gasteiger charge is 2.09. The predicted octanol–water partition coefficient (Wildman–Crippen LogP) is 2.26. The fourth-order valence-electron chi connectivity index (χ4n) is 1.33. The normalized spacial score (nSPS) is 16.5. The van der Waals surface area contributed by atoms with Crippen molar-refractivity contribution in [3.05, 3.63) is 23.3 Å². The first-order valence-electron chi connectivity index (χ1n) is 4.71. The molecular weight excluding hydrogens is 164 g/mol. The van der Waals surface area contributed by atoms with Crippen LogP contribution in [0.4, 0.5) is 0 Å². The number of carbonyl (C=O) groups excluding carboxylic acids is 1. The number of hydrogen-bond donors (Lipinski definition) is 0. The summed E-state index contributed by atoms with van der Waals surface area (Å²) in [4.78, 5) is 11.0. The van der Waals surface area contributed by atoms with Crippen molar-refractivity contribution in [2.75, 3.05) is 13.2 Å². The second kappa shape index (κ2) is 4.97. The minimum atomic E-state index is 0.187. The molecule has 0 atom stereocenters. The molecule has 0 aliphatic heterocycles.